The molecule has 7 nitrogen and oxygen atoms in total. The van der Waals surface area contributed by atoms with Crippen LogP contribution in [0.4, 0.5) is 11.4 Å². The standard InChI is InChI=1S/C6H4N2O5S.Na/c9-6-2-1-4(8(10)11)3-5(6)7-14(12)13;/h1-3,9H;. The number of benzene rings is 1. The molecular formula is C6H4N2NaO5S. The van der Waals surface area contributed by atoms with Gasteiger partial charge in [-0.3, -0.25) is 10.1 Å². The Morgan fingerprint density at radius 1 is 1.40 bits per heavy atom. The van der Waals surface area contributed by atoms with E-state index in [1.807, 2.05) is 0 Å². The SMILES string of the molecule is O=[N+]([O-])c1ccc(O)c(N=S(=O)=O)c1.[Na]. The number of aromatic hydroxyl groups is 1. The zero-order chi connectivity index (χ0) is 10.7. The van der Waals surface area contributed by atoms with Gasteiger partial charge in [-0.05, 0) is 6.07 Å². The van der Waals surface area contributed by atoms with Crippen LogP contribution < -0.4 is 0 Å². The van der Waals surface area contributed by atoms with E-state index in [4.69, 9.17) is 5.11 Å². The van der Waals surface area contributed by atoms with E-state index in [-0.39, 0.29) is 40.9 Å². The first-order chi connectivity index (χ1) is 6.50. The number of non-ortho nitro benzene ring substituents is 1. The Balaban J connectivity index is 0.00000196. The molecule has 0 aliphatic rings. The predicted molar refractivity (Wildman–Crippen MR) is 51.5 cm³/mol. The van der Waals surface area contributed by atoms with Gasteiger partial charge in [0.25, 0.3) is 5.69 Å². The molecule has 0 saturated heterocycles. The molecule has 1 aromatic rings. The molecule has 0 amide bonds. The fourth-order valence-electron chi connectivity index (χ4n) is 0.779. The van der Waals surface area contributed by atoms with Crippen molar-refractivity contribution in [3.05, 3.63) is 28.3 Å². The Hall–Kier alpha value is -0.960. The molecule has 15 heavy (non-hydrogen) atoms. The number of nitro benzene ring substituents is 1. The summed E-state index contributed by atoms with van der Waals surface area (Å²) < 4.78 is 23.3. The van der Waals surface area contributed by atoms with Gasteiger partial charge in [-0.2, -0.15) is 8.42 Å². The summed E-state index contributed by atoms with van der Waals surface area (Å²) in [6.07, 6.45) is 0. The Bertz CT molecular complexity index is 504. The molecule has 0 aliphatic carbocycles. The molecule has 0 aliphatic heterocycles. The molecule has 0 spiro atoms. The van der Waals surface area contributed by atoms with Crippen molar-refractivity contribution >= 4 is 51.4 Å². The molecule has 1 rings (SSSR count). The third-order valence-electron chi connectivity index (χ3n) is 1.34. The topological polar surface area (TPSA) is 110 Å². The number of phenols is 1. The van der Waals surface area contributed by atoms with Crippen molar-refractivity contribution < 1.29 is 18.4 Å². The second-order valence-corrected chi connectivity index (χ2v) is 2.86. The van der Waals surface area contributed by atoms with Crippen LogP contribution in [0, 0.1) is 10.1 Å². The maximum absolute atomic E-state index is 10.3. The van der Waals surface area contributed by atoms with Gasteiger partial charge in [0.1, 0.15) is 11.4 Å². The second kappa shape index (κ2) is 5.81. The third-order valence-corrected chi connectivity index (χ3v) is 1.69. The summed E-state index contributed by atoms with van der Waals surface area (Å²) in [6.45, 7) is 0. The molecule has 0 unspecified atom stereocenters. The van der Waals surface area contributed by atoms with E-state index in [2.05, 4.69) is 4.36 Å². The zero-order valence-electron chi connectivity index (χ0n) is 7.61. The number of nitrogens with zero attached hydrogens (tertiary/aromatic N) is 2. The van der Waals surface area contributed by atoms with Gasteiger partial charge in [0.15, 0.2) is 0 Å². The predicted octanol–water partition coefficient (Wildman–Crippen LogP) is 0.614. The molecule has 0 bridgehead atoms. The average molecular weight is 239 g/mol. The van der Waals surface area contributed by atoms with Gasteiger partial charge in [0, 0.05) is 41.7 Å². The Morgan fingerprint density at radius 2 is 2.00 bits per heavy atom. The monoisotopic (exact) mass is 239 g/mol. The maximum atomic E-state index is 10.3. The van der Waals surface area contributed by atoms with Gasteiger partial charge in [0.2, 0.25) is 0 Å². The van der Waals surface area contributed by atoms with Crippen LogP contribution in [0.2, 0.25) is 0 Å². The molecular weight excluding hydrogens is 235 g/mol. The first-order valence-electron chi connectivity index (χ1n) is 3.29. The Labute approximate surface area is 108 Å². The van der Waals surface area contributed by atoms with Crippen molar-refractivity contribution in [2.75, 3.05) is 0 Å². The fourth-order valence-corrected chi connectivity index (χ4v) is 1.09. The zero-order valence-corrected chi connectivity index (χ0v) is 10.4. The summed E-state index contributed by atoms with van der Waals surface area (Å²) in [4.78, 5) is 9.56. The summed E-state index contributed by atoms with van der Waals surface area (Å²) in [5.74, 6) is -0.431. The largest absolute Gasteiger partial charge is 0.506 e. The molecule has 0 fully saturated rings. The van der Waals surface area contributed by atoms with Crippen LogP contribution in [0.5, 0.6) is 5.75 Å². The third kappa shape index (κ3) is 3.96. The van der Waals surface area contributed by atoms with E-state index < -0.39 is 21.2 Å². The summed E-state index contributed by atoms with van der Waals surface area (Å²) >= 11 is 0. The summed E-state index contributed by atoms with van der Waals surface area (Å²) in [7, 11) is -2.76. The Kier molecular flexibility index (Phi) is 5.44. The van der Waals surface area contributed by atoms with E-state index in [1.165, 1.54) is 0 Å². The number of hydrogen-bond acceptors (Lipinski definition) is 6. The quantitative estimate of drug-likeness (QED) is 0.462. The van der Waals surface area contributed by atoms with Crippen LogP contribution in [0.15, 0.2) is 22.6 Å². The van der Waals surface area contributed by atoms with Crippen molar-refractivity contribution in [1.29, 1.82) is 0 Å². The second-order valence-electron chi connectivity index (χ2n) is 2.24. The van der Waals surface area contributed by atoms with Crippen molar-refractivity contribution in [3.63, 3.8) is 0 Å². The molecule has 0 aromatic heterocycles. The van der Waals surface area contributed by atoms with Gasteiger partial charge >= 0.3 is 10.5 Å². The van der Waals surface area contributed by atoms with Gasteiger partial charge in [-0.25, -0.2) is 0 Å². The number of rotatable bonds is 2. The summed E-state index contributed by atoms with van der Waals surface area (Å²) in [6, 6.07) is 2.91. The first kappa shape index (κ1) is 14.0. The van der Waals surface area contributed by atoms with Crippen LogP contribution >= 0.6 is 0 Å². The Morgan fingerprint density at radius 3 is 2.47 bits per heavy atom. The molecule has 0 saturated carbocycles. The molecule has 75 valence electrons. The van der Waals surface area contributed by atoms with E-state index in [0.29, 0.717) is 0 Å². The normalized spacial score (nSPS) is 8.80. The van der Waals surface area contributed by atoms with Crippen LogP contribution in [0.25, 0.3) is 0 Å². The number of hydrogen-bond donors (Lipinski definition) is 1. The average Bonchev–Trinajstić information content (AvgIpc) is 2.07. The van der Waals surface area contributed by atoms with E-state index in [0.717, 1.165) is 18.2 Å². The molecule has 0 heterocycles. The summed E-state index contributed by atoms with van der Waals surface area (Å²) in [5, 5.41) is 19.4. The van der Waals surface area contributed by atoms with Crippen LogP contribution in [0.1, 0.15) is 0 Å². The van der Waals surface area contributed by atoms with Crippen LogP contribution in [0.3, 0.4) is 0 Å². The minimum Gasteiger partial charge on any atom is -0.506 e. The molecule has 1 N–H and O–H groups in total. The molecule has 1 radical (unpaired) electrons. The van der Waals surface area contributed by atoms with E-state index in [1.54, 1.807) is 0 Å². The van der Waals surface area contributed by atoms with Gasteiger partial charge in [-0.15, -0.1) is 4.36 Å². The first-order valence-corrected chi connectivity index (χ1v) is 4.32. The van der Waals surface area contributed by atoms with Gasteiger partial charge in [0.05, 0.1) is 4.92 Å². The fraction of sp³-hybridized carbons (Fsp3) is 0. The van der Waals surface area contributed by atoms with Crippen molar-refractivity contribution in [2.45, 2.75) is 0 Å². The van der Waals surface area contributed by atoms with Crippen molar-refractivity contribution in [3.8, 4) is 5.75 Å². The van der Waals surface area contributed by atoms with Gasteiger partial charge in [-0.1, -0.05) is 0 Å². The molecule has 0 atom stereocenters. The van der Waals surface area contributed by atoms with Crippen molar-refractivity contribution in [1.82, 2.24) is 0 Å². The number of nitro groups is 1. The summed E-state index contributed by atoms with van der Waals surface area (Å²) in [5.41, 5.74) is -0.695. The maximum Gasteiger partial charge on any atom is 0.316 e. The smallest absolute Gasteiger partial charge is 0.316 e. The molecule has 1 aromatic carbocycles. The molecule has 9 heteroatoms. The minimum atomic E-state index is -2.76. The number of phenolic OH excluding ortho intramolecular Hbond substituents is 1. The van der Waals surface area contributed by atoms with Crippen LogP contribution in [-0.4, -0.2) is 48.0 Å². The minimum absolute atomic E-state index is 0. The van der Waals surface area contributed by atoms with E-state index >= 15 is 0 Å². The van der Waals surface area contributed by atoms with Crippen molar-refractivity contribution in [2.24, 2.45) is 4.36 Å². The van der Waals surface area contributed by atoms with Crippen LogP contribution in [-0.2, 0) is 10.5 Å². The van der Waals surface area contributed by atoms with E-state index in [9.17, 15) is 18.5 Å². The van der Waals surface area contributed by atoms with Gasteiger partial charge < -0.3 is 5.11 Å².